The van der Waals surface area contributed by atoms with Gasteiger partial charge < -0.3 is 14.8 Å². The van der Waals surface area contributed by atoms with Crippen molar-refractivity contribution in [1.82, 2.24) is 0 Å². The van der Waals surface area contributed by atoms with Crippen LogP contribution in [0.2, 0.25) is 0 Å². The molecule has 5 nitrogen and oxygen atoms in total. The van der Waals surface area contributed by atoms with Crippen molar-refractivity contribution in [3.05, 3.63) is 60.2 Å². The summed E-state index contributed by atoms with van der Waals surface area (Å²) in [6, 6.07) is 16.8. The normalized spacial score (nSPS) is 15.3. The lowest BCUT2D eigenvalue weighted by Gasteiger charge is -2.27. The van der Waals surface area contributed by atoms with Crippen LogP contribution < -0.4 is 10.1 Å². The second-order valence-corrected chi connectivity index (χ2v) is 6.48. The van der Waals surface area contributed by atoms with Crippen molar-refractivity contribution < 1.29 is 19.1 Å². The summed E-state index contributed by atoms with van der Waals surface area (Å²) in [5, 5.41) is 2.72. The molecule has 1 N–H and O–H groups in total. The molecule has 1 aliphatic rings. The van der Waals surface area contributed by atoms with E-state index in [4.69, 9.17) is 9.47 Å². The van der Waals surface area contributed by atoms with E-state index in [-0.39, 0.29) is 18.5 Å². The zero-order chi connectivity index (χ0) is 18.4. The monoisotopic (exact) mass is 353 g/mol. The van der Waals surface area contributed by atoms with Gasteiger partial charge in [0.05, 0.1) is 18.2 Å². The lowest BCUT2D eigenvalue weighted by Crippen LogP contribution is -2.36. The minimum Gasteiger partial charge on any atom is -0.495 e. The lowest BCUT2D eigenvalue weighted by atomic mass is 9.79. The van der Waals surface area contributed by atoms with Crippen LogP contribution in [0.3, 0.4) is 0 Å². The van der Waals surface area contributed by atoms with Crippen LogP contribution in [0.1, 0.15) is 31.2 Å². The quantitative estimate of drug-likeness (QED) is 0.805. The highest BCUT2D eigenvalue weighted by Crippen LogP contribution is 2.42. The van der Waals surface area contributed by atoms with Crippen molar-refractivity contribution in [2.24, 2.45) is 0 Å². The Morgan fingerprint density at radius 1 is 1.00 bits per heavy atom. The molecule has 2 aromatic rings. The first-order valence-corrected chi connectivity index (χ1v) is 8.81. The highest BCUT2D eigenvalue weighted by molar-refractivity contribution is 5.95. The smallest absolute Gasteiger partial charge is 0.317 e. The van der Waals surface area contributed by atoms with E-state index in [1.165, 1.54) is 7.11 Å². The van der Waals surface area contributed by atoms with Gasteiger partial charge in [0.2, 0.25) is 0 Å². The number of esters is 1. The number of hydrogen-bond acceptors (Lipinski definition) is 4. The third-order valence-electron chi connectivity index (χ3n) is 4.89. The van der Waals surface area contributed by atoms with Crippen LogP contribution in [0, 0.1) is 0 Å². The molecule has 0 saturated heterocycles. The predicted molar refractivity (Wildman–Crippen MR) is 99.2 cm³/mol. The third-order valence-corrected chi connectivity index (χ3v) is 4.89. The molecule has 5 heteroatoms. The molecule has 0 atom stereocenters. The zero-order valence-corrected chi connectivity index (χ0v) is 14.9. The fourth-order valence-corrected chi connectivity index (χ4v) is 3.55. The SMILES string of the molecule is COc1ccccc1NC(=O)COC(=O)C1(c2ccccc2)CCCC1. The topological polar surface area (TPSA) is 64.6 Å². The summed E-state index contributed by atoms with van der Waals surface area (Å²) in [5.74, 6) is -0.149. The second kappa shape index (κ2) is 8.04. The molecule has 1 aliphatic carbocycles. The highest BCUT2D eigenvalue weighted by atomic mass is 16.5. The van der Waals surface area contributed by atoms with E-state index < -0.39 is 5.41 Å². The Balaban J connectivity index is 1.65. The first kappa shape index (κ1) is 18.0. The molecule has 1 amide bonds. The van der Waals surface area contributed by atoms with Gasteiger partial charge in [-0.1, -0.05) is 55.3 Å². The lowest BCUT2D eigenvalue weighted by molar-refractivity contribution is -0.153. The van der Waals surface area contributed by atoms with E-state index in [1.807, 2.05) is 36.4 Å². The molecule has 0 unspecified atom stereocenters. The minimum absolute atomic E-state index is 0.314. The van der Waals surface area contributed by atoms with Gasteiger partial charge in [-0.3, -0.25) is 9.59 Å². The molecule has 0 spiro atoms. The number of methoxy groups -OCH3 is 1. The van der Waals surface area contributed by atoms with E-state index >= 15 is 0 Å². The number of amides is 1. The number of nitrogens with one attached hydrogen (secondary N) is 1. The number of anilines is 1. The van der Waals surface area contributed by atoms with E-state index in [1.54, 1.807) is 18.2 Å². The summed E-state index contributed by atoms with van der Waals surface area (Å²) in [6.07, 6.45) is 3.47. The molecule has 1 saturated carbocycles. The number of benzene rings is 2. The maximum Gasteiger partial charge on any atom is 0.317 e. The Bertz CT molecular complexity index is 767. The highest BCUT2D eigenvalue weighted by Gasteiger charge is 2.44. The van der Waals surface area contributed by atoms with E-state index in [9.17, 15) is 9.59 Å². The fraction of sp³-hybridized carbons (Fsp3) is 0.333. The molecule has 0 bridgehead atoms. The molecular formula is C21H23NO4. The van der Waals surface area contributed by atoms with Gasteiger partial charge in [0.1, 0.15) is 5.75 Å². The molecule has 1 fully saturated rings. The summed E-state index contributed by atoms with van der Waals surface area (Å²) in [6.45, 7) is -0.314. The summed E-state index contributed by atoms with van der Waals surface area (Å²) in [7, 11) is 1.54. The van der Waals surface area contributed by atoms with E-state index in [0.717, 1.165) is 31.2 Å². The van der Waals surface area contributed by atoms with Crippen LogP contribution in [-0.2, 0) is 19.7 Å². The Morgan fingerprint density at radius 2 is 1.65 bits per heavy atom. The number of carbonyl (C=O) groups is 2. The van der Waals surface area contributed by atoms with E-state index in [2.05, 4.69) is 5.32 Å². The van der Waals surface area contributed by atoms with Gasteiger partial charge in [-0.2, -0.15) is 0 Å². The molecule has 0 aromatic heterocycles. The van der Waals surface area contributed by atoms with Crippen molar-refractivity contribution in [1.29, 1.82) is 0 Å². The molecule has 0 radical (unpaired) electrons. The van der Waals surface area contributed by atoms with Crippen molar-refractivity contribution >= 4 is 17.6 Å². The molecule has 26 heavy (non-hydrogen) atoms. The molecule has 0 heterocycles. The van der Waals surface area contributed by atoms with Crippen molar-refractivity contribution in [2.45, 2.75) is 31.1 Å². The number of para-hydroxylation sites is 2. The molecule has 0 aliphatic heterocycles. The van der Waals surface area contributed by atoms with Crippen molar-refractivity contribution in [2.75, 3.05) is 19.0 Å². The summed E-state index contributed by atoms with van der Waals surface area (Å²) >= 11 is 0. The van der Waals surface area contributed by atoms with Gasteiger partial charge in [-0.15, -0.1) is 0 Å². The van der Waals surface area contributed by atoms with Gasteiger partial charge in [0.15, 0.2) is 6.61 Å². The van der Waals surface area contributed by atoms with Crippen molar-refractivity contribution in [3.63, 3.8) is 0 Å². The summed E-state index contributed by atoms with van der Waals surface area (Å²) in [5.41, 5.74) is 0.883. The fourth-order valence-electron chi connectivity index (χ4n) is 3.55. The standard InChI is InChI=1S/C21H23NO4/c1-25-18-12-6-5-11-17(18)22-19(23)15-26-20(24)21(13-7-8-14-21)16-9-3-2-4-10-16/h2-6,9-12H,7-8,13-15H2,1H3,(H,22,23). The van der Waals surface area contributed by atoms with Gasteiger partial charge in [0.25, 0.3) is 5.91 Å². The van der Waals surface area contributed by atoms with Crippen LogP contribution in [0.25, 0.3) is 0 Å². The van der Waals surface area contributed by atoms with Crippen LogP contribution in [0.5, 0.6) is 5.75 Å². The molecule has 3 rings (SSSR count). The van der Waals surface area contributed by atoms with Gasteiger partial charge in [-0.05, 0) is 30.5 Å². The van der Waals surface area contributed by atoms with E-state index in [0.29, 0.717) is 11.4 Å². The first-order chi connectivity index (χ1) is 12.7. The van der Waals surface area contributed by atoms with Crippen molar-refractivity contribution in [3.8, 4) is 5.75 Å². The maximum atomic E-state index is 12.8. The Kier molecular flexibility index (Phi) is 5.56. The molecule has 136 valence electrons. The average molecular weight is 353 g/mol. The van der Waals surface area contributed by atoms with Gasteiger partial charge in [0, 0.05) is 0 Å². The van der Waals surface area contributed by atoms with Gasteiger partial charge in [-0.25, -0.2) is 0 Å². The number of carbonyl (C=O) groups excluding carboxylic acids is 2. The summed E-state index contributed by atoms with van der Waals surface area (Å²) < 4.78 is 10.6. The first-order valence-electron chi connectivity index (χ1n) is 8.81. The van der Waals surface area contributed by atoms with Gasteiger partial charge >= 0.3 is 5.97 Å². The number of ether oxygens (including phenoxy) is 2. The Labute approximate surface area is 153 Å². The Morgan fingerprint density at radius 3 is 2.35 bits per heavy atom. The summed E-state index contributed by atoms with van der Waals surface area (Å²) in [4.78, 5) is 25.0. The molecule has 2 aromatic carbocycles. The second-order valence-electron chi connectivity index (χ2n) is 6.48. The minimum atomic E-state index is -0.633. The van der Waals surface area contributed by atoms with Crippen LogP contribution >= 0.6 is 0 Å². The Hall–Kier alpha value is -2.82. The zero-order valence-electron chi connectivity index (χ0n) is 14.9. The van der Waals surface area contributed by atoms with Crippen LogP contribution in [0.15, 0.2) is 54.6 Å². The average Bonchev–Trinajstić information content (AvgIpc) is 3.18. The van der Waals surface area contributed by atoms with Crippen LogP contribution in [-0.4, -0.2) is 25.6 Å². The predicted octanol–water partition coefficient (Wildman–Crippen LogP) is 3.69. The van der Waals surface area contributed by atoms with Crippen LogP contribution in [0.4, 0.5) is 5.69 Å². The third kappa shape index (κ3) is 3.72. The largest absolute Gasteiger partial charge is 0.495 e. The molecular weight excluding hydrogens is 330 g/mol. The number of rotatable bonds is 6. The maximum absolute atomic E-state index is 12.8. The number of hydrogen-bond donors (Lipinski definition) is 1.